The Hall–Kier alpha value is -2.67. The maximum atomic E-state index is 12.4. The van der Waals surface area contributed by atoms with Crippen LogP contribution in [-0.4, -0.2) is 39.0 Å². The van der Waals surface area contributed by atoms with Gasteiger partial charge in [0, 0.05) is 24.0 Å². The van der Waals surface area contributed by atoms with Gasteiger partial charge in [0.1, 0.15) is 6.04 Å². The number of carboxylic acids is 1. The van der Waals surface area contributed by atoms with E-state index in [1.54, 1.807) is 30.3 Å². The summed E-state index contributed by atoms with van der Waals surface area (Å²) in [5.41, 5.74) is 6.81. The lowest BCUT2D eigenvalue weighted by Gasteiger charge is -2.30. The Bertz CT molecular complexity index is 626. The van der Waals surface area contributed by atoms with Crippen LogP contribution in [0, 0.1) is 0 Å². The minimum atomic E-state index is -1.10. The van der Waals surface area contributed by atoms with E-state index in [0.29, 0.717) is 11.4 Å². The SMILES string of the molecule is C[C@H](N)C(=O)N(c1ccccc1)[C@@H](Cc1cnc[nH]1)C(=O)O. The number of anilines is 1. The molecule has 0 spiro atoms. The smallest absolute Gasteiger partial charge is 0.327 e. The molecular formula is C15H18N4O3. The van der Waals surface area contributed by atoms with Gasteiger partial charge in [-0.05, 0) is 19.1 Å². The zero-order valence-electron chi connectivity index (χ0n) is 12.1. The van der Waals surface area contributed by atoms with E-state index in [-0.39, 0.29) is 6.42 Å². The number of benzene rings is 1. The molecule has 1 aromatic heterocycles. The molecule has 0 bridgehead atoms. The second-order valence-electron chi connectivity index (χ2n) is 4.97. The Morgan fingerprint density at radius 3 is 2.55 bits per heavy atom. The molecule has 1 amide bonds. The molecule has 0 saturated carbocycles. The third-order valence-corrected chi connectivity index (χ3v) is 3.23. The van der Waals surface area contributed by atoms with Crippen LogP contribution in [0.1, 0.15) is 12.6 Å². The Morgan fingerprint density at radius 1 is 1.36 bits per heavy atom. The summed E-state index contributed by atoms with van der Waals surface area (Å²) in [4.78, 5) is 32.1. The van der Waals surface area contributed by atoms with Gasteiger partial charge in [-0.25, -0.2) is 9.78 Å². The van der Waals surface area contributed by atoms with Gasteiger partial charge in [0.15, 0.2) is 0 Å². The van der Waals surface area contributed by atoms with E-state index >= 15 is 0 Å². The lowest BCUT2D eigenvalue weighted by Crippen LogP contribution is -2.52. The van der Waals surface area contributed by atoms with E-state index in [1.807, 2.05) is 0 Å². The molecule has 7 heteroatoms. The molecule has 0 aliphatic rings. The molecule has 0 unspecified atom stereocenters. The van der Waals surface area contributed by atoms with Gasteiger partial charge in [0.05, 0.1) is 12.4 Å². The normalized spacial score (nSPS) is 13.4. The van der Waals surface area contributed by atoms with Crippen LogP contribution in [0.2, 0.25) is 0 Å². The van der Waals surface area contributed by atoms with Gasteiger partial charge in [-0.3, -0.25) is 9.69 Å². The van der Waals surface area contributed by atoms with Crippen LogP contribution in [0.3, 0.4) is 0 Å². The van der Waals surface area contributed by atoms with Gasteiger partial charge < -0.3 is 15.8 Å². The van der Waals surface area contributed by atoms with Crippen LogP contribution in [-0.2, 0) is 16.0 Å². The molecule has 116 valence electrons. The number of amides is 1. The van der Waals surface area contributed by atoms with Crippen molar-refractivity contribution >= 4 is 17.6 Å². The van der Waals surface area contributed by atoms with E-state index in [0.717, 1.165) is 0 Å². The van der Waals surface area contributed by atoms with Crippen molar-refractivity contribution < 1.29 is 14.7 Å². The summed E-state index contributed by atoms with van der Waals surface area (Å²) in [7, 11) is 0. The molecular weight excluding hydrogens is 284 g/mol. The standard InChI is InChI=1S/C15H18N4O3/c1-10(16)14(20)19(12-5-3-2-4-6-12)13(15(21)22)7-11-8-17-9-18-11/h2-6,8-10,13H,7,16H2,1H3,(H,17,18)(H,21,22)/t10-,13-/m0/s1. The molecule has 7 nitrogen and oxygen atoms in total. The minimum absolute atomic E-state index is 0.114. The quantitative estimate of drug-likeness (QED) is 0.730. The predicted molar refractivity (Wildman–Crippen MR) is 81.3 cm³/mol. The first-order valence-electron chi connectivity index (χ1n) is 6.84. The number of nitrogens with zero attached hydrogens (tertiary/aromatic N) is 2. The fourth-order valence-electron chi connectivity index (χ4n) is 2.16. The number of hydrogen-bond donors (Lipinski definition) is 3. The molecule has 1 heterocycles. The highest BCUT2D eigenvalue weighted by Gasteiger charge is 2.32. The lowest BCUT2D eigenvalue weighted by atomic mass is 10.1. The number of aromatic amines is 1. The number of carbonyl (C=O) groups is 2. The number of aromatic nitrogens is 2. The molecule has 0 fully saturated rings. The Labute approximate surface area is 127 Å². The van der Waals surface area contributed by atoms with Gasteiger partial charge in [-0.1, -0.05) is 18.2 Å². The first kappa shape index (κ1) is 15.7. The number of H-pyrrole nitrogens is 1. The summed E-state index contributed by atoms with van der Waals surface area (Å²) < 4.78 is 0. The maximum Gasteiger partial charge on any atom is 0.327 e. The third-order valence-electron chi connectivity index (χ3n) is 3.23. The molecule has 0 aliphatic carbocycles. The molecule has 22 heavy (non-hydrogen) atoms. The monoisotopic (exact) mass is 302 g/mol. The van der Waals surface area contributed by atoms with Crippen molar-refractivity contribution in [1.82, 2.24) is 9.97 Å². The molecule has 1 aromatic carbocycles. The van der Waals surface area contributed by atoms with Crippen molar-refractivity contribution in [3.05, 3.63) is 48.5 Å². The number of carbonyl (C=O) groups excluding carboxylic acids is 1. The summed E-state index contributed by atoms with van der Waals surface area (Å²) in [5.74, 6) is -1.55. The van der Waals surface area contributed by atoms with E-state index in [2.05, 4.69) is 9.97 Å². The number of nitrogens with two attached hydrogens (primary N) is 1. The van der Waals surface area contributed by atoms with Crippen molar-refractivity contribution in [1.29, 1.82) is 0 Å². The van der Waals surface area contributed by atoms with Crippen LogP contribution in [0.4, 0.5) is 5.69 Å². The fraction of sp³-hybridized carbons (Fsp3) is 0.267. The van der Waals surface area contributed by atoms with Crippen molar-refractivity contribution in [2.24, 2.45) is 5.73 Å². The molecule has 2 aromatic rings. The number of imidazole rings is 1. The molecule has 2 atom stereocenters. The van der Waals surface area contributed by atoms with Crippen LogP contribution in [0.25, 0.3) is 0 Å². The minimum Gasteiger partial charge on any atom is -0.480 e. The summed E-state index contributed by atoms with van der Waals surface area (Å²) in [6, 6.07) is 6.78. The molecule has 4 N–H and O–H groups in total. The first-order valence-corrected chi connectivity index (χ1v) is 6.84. The van der Waals surface area contributed by atoms with Crippen LogP contribution < -0.4 is 10.6 Å². The number of para-hydroxylation sites is 1. The Morgan fingerprint density at radius 2 is 2.05 bits per heavy atom. The Kier molecular flexibility index (Phi) is 4.90. The first-order chi connectivity index (χ1) is 10.5. The second kappa shape index (κ2) is 6.86. The lowest BCUT2D eigenvalue weighted by molar-refractivity contribution is -0.140. The largest absolute Gasteiger partial charge is 0.480 e. The molecule has 0 saturated heterocycles. The number of rotatable bonds is 6. The highest BCUT2D eigenvalue weighted by atomic mass is 16.4. The molecule has 2 rings (SSSR count). The summed E-state index contributed by atoms with van der Waals surface area (Å²) >= 11 is 0. The average molecular weight is 302 g/mol. The highest BCUT2D eigenvalue weighted by Crippen LogP contribution is 2.20. The number of aliphatic carboxylic acids is 1. The van der Waals surface area contributed by atoms with Gasteiger partial charge in [0.25, 0.3) is 0 Å². The Balaban J connectivity index is 2.40. The van der Waals surface area contributed by atoms with Crippen molar-refractivity contribution in [3.8, 4) is 0 Å². The van der Waals surface area contributed by atoms with E-state index in [9.17, 15) is 14.7 Å². The zero-order chi connectivity index (χ0) is 16.1. The number of carboxylic acid groups (broad SMARTS) is 1. The highest BCUT2D eigenvalue weighted by molar-refractivity contribution is 6.01. The maximum absolute atomic E-state index is 12.4. The second-order valence-corrected chi connectivity index (χ2v) is 4.97. The van der Waals surface area contributed by atoms with Gasteiger partial charge in [-0.15, -0.1) is 0 Å². The van der Waals surface area contributed by atoms with E-state index in [1.165, 1.54) is 24.3 Å². The van der Waals surface area contributed by atoms with E-state index in [4.69, 9.17) is 5.73 Å². The van der Waals surface area contributed by atoms with Crippen molar-refractivity contribution in [3.63, 3.8) is 0 Å². The zero-order valence-corrected chi connectivity index (χ0v) is 12.1. The molecule has 0 radical (unpaired) electrons. The summed E-state index contributed by atoms with van der Waals surface area (Å²) in [6.07, 6.45) is 3.12. The number of hydrogen-bond acceptors (Lipinski definition) is 4. The fourth-order valence-corrected chi connectivity index (χ4v) is 2.16. The van der Waals surface area contributed by atoms with Gasteiger partial charge >= 0.3 is 5.97 Å². The van der Waals surface area contributed by atoms with Gasteiger partial charge in [0.2, 0.25) is 5.91 Å². The van der Waals surface area contributed by atoms with Crippen LogP contribution >= 0.6 is 0 Å². The van der Waals surface area contributed by atoms with E-state index < -0.39 is 24.0 Å². The van der Waals surface area contributed by atoms with Gasteiger partial charge in [-0.2, -0.15) is 0 Å². The average Bonchev–Trinajstić information content (AvgIpc) is 3.00. The van der Waals surface area contributed by atoms with Crippen LogP contribution in [0.15, 0.2) is 42.9 Å². The summed E-state index contributed by atoms with van der Waals surface area (Å²) in [6.45, 7) is 1.54. The van der Waals surface area contributed by atoms with Crippen molar-refractivity contribution in [2.45, 2.75) is 25.4 Å². The van der Waals surface area contributed by atoms with Crippen molar-refractivity contribution in [2.75, 3.05) is 4.90 Å². The molecule has 0 aliphatic heterocycles. The summed E-state index contributed by atoms with van der Waals surface area (Å²) in [5, 5.41) is 9.57. The van der Waals surface area contributed by atoms with Crippen LogP contribution in [0.5, 0.6) is 0 Å². The third kappa shape index (κ3) is 3.50. The topological polar surface area (TPSA) is 112 Å². The predicted octanol–water partition coefficient (Wildman–Crippen LogP) is 0.786. The number of nitrogens with one attached hydrogen (secondary N) is 1.